The molecule has 1 aliphatic carbocycles. The molecule has 1 atom stereocenters. The molecule has 2 rings (SSSR count). The first-order valence-electron chi connectivity index (χ1n) is 6.03. The van der Waals surface area contributed by atoms with Crippen molar-refractivity contribution >= 4 is 10.2 Å². The highest BCUT2D eigenvalue weighted by Crippen LogP contribution is 2.40. The van der Waals surface area contributed by atoms with Crippen molar-refractivity contribution in [3.63, 3.8) is 0 Å². The van der Waals surface area contributed by atoms with E-state index in [1.165, 1.54) is 18.4 Å². The van der Waals surface area contributed by atoms with E-state index in [0.717, 1.165) is 24.2 Å². The van der Waals surface area contributed by atoms with Gasteiger partial charge in [-0.3, -0.25) is 4.98 Å². The first-order chi connectivity index (χ1) is 8.40. The van der Waals surface area contributed by atoms with E-state index in [9.17, 15) is 8.42 Å². The lowest BCUT2D eigenvalue weighted by molar-refractivity contribution is 0.470. The molecule has 1 aromatic heterocycles. The SMILES string of the molecule is Cc1cccc(C(NS(=O)(=O)N(C)C)C2CC2)n1. The molecule has 0 bridgehead atoms. The van der Waals surface area contributed by atoms with Gasteiger partial charge in [0.25, 0.3) is 10.2 Å². The zero-order valence-corrected chi connectivity index (χ0v) is 11.7. The molecule has 1 aromatic rings. The standard InChI is InChI=1S/C12H19N3O2S/c1-9-5-4-6-11(13-9)12(10-7-8-10)14-18(16,17)15(2)3/h4-6,10,12,14H,7-8H2,1-3H3. The number of nitrogens with zero attached hydrogens (tertiary/aromatic N) is 2. The van der Waals surface area contributed by atoms with E-state index >= 15 is 0 Å². The maximum atomic E-state index is 11.9. The number of aryl methyl sites for hydroxylation is 1. The quantitative estimate of drug-likeness (QED) is 0.874. The van der Waals surface area contributed by atoms with E-state index in [1.54, 1.807) is 0 Å². The molecule has 6 heteroatoms. The van der Waals surface area contributed by atoms with Crippen LogP contribution in [0.3, 0.4) is 0 Å². The van der Waals surface area contributed by atoms with Crippen molar-refractivity contribution in [3.05, 3.63) is 29.6 Å². The fourth-order valence-corrected chi connectivity index (χ4v) is 2.68. The van der Waals surface area contributed by atoms with Crippen LogP contribution in [0.2, 0.25) is 0 Å². The van der Waals surface area contributed by atoms with Crippen LogP contribution in [0.25, 0.3) is 0 Å². The van der Waals surface area contributed by atoms with Crippen molar-refractivity contribution in [3.8, 4) is 0 Å². The summed E-state index contributed by atoms with van der Waals surface area (Å²) in [7, 11) is -0.373. The Kier molecular flexibility index (Phi) is 3.70. The van der Waals surface area contributed by atoms with Crippen LogP contribution in [0, 0.1) is 12.8 Å². The van der Waals surface area contributed by atoms with Crippen LogP contribution in [0.1, 0.15) is 30.3 Å². The van der Waals surface area contributed by atoms with Gasteiger partial charge >= 0.3 is 0 Å². The number of hydrogen-bond acceptors (Lipinski definition) is 3. The molecule has 0 saturated heterocycles. The number of aromatic nitrogens is 1. The van der Waals surface area contributed by atoms with Crippen molar-refractivity contribution in [1.29, 1.82) is 0 Å². The van der Waals surface area contributed by atoms with E-state index in [1.807, 2.05) is 25.1 Å². The number of rotatable bonds is 5. The first-order valence-corrected chi connectivity index (χ1v) is 7.47. The van der Waals surface area contributed by atoms with Crippen LogP contribution in [0.4, 0.5) is 0 Å². The van der Waals surface area contributed by atoms with Gasteiger partial charge in [-0.2, -0.15) is 17.4 Å². The van der Waals surface area contributed by atoms with Crippen LogP contribution < -0.4 is 4.72 Å². The Morgan fingerprint density at radius 1 is 1.39 bits per heavy atom. The minimum atomic E-state index is -3.42. The third-order valence-corrected chi connectivity index (χ3v) is 4.59. The van der Waals surface area contributed by atoms with E-state index in [0.29, 0.717) is 5.92 Å². The van der Waals surface area contributed by atoms with E-state index in [2.05, 4.69) is 9.71 Å². The zero-order valence-electron chi connectivity index (χ0n) is 10.9. The maximum Gasteiger partial charge on any atom is 0.279 e. The van der Waals surface area contributed by atoms with E-state index < -0.39 is 10.2 Å². The third kappa shape index (κ3) is 3.07. The predicted octanol–water partition coefficient (Wildman–Crippen LogP) is 1.24. The molecular weight excluding hydrogens is 250 g/mol. The van der Waals surface area contributed by atoms with Gasteiger partial charge in [-0.1, -0.05) is 6.07 Å². The average Bonchev–Trinajstić information content (AvgIpc) is 3.09. The molecule has 1 fully saturated rings. The molecule has 0 radical (unpaired) electrons. The Morgan fingerprint density at radius 3 is 2.56 bits per heavy atom. The van der Waals surface area contributed by atoms with Gasteiger partial charge in [-0.25, -0.2) is 0 Å². The second kappa shape index (κ2) is 4.95. The van der Waals surface area contributed by atoms with Crippen molar-refractivity contribution in [2.45, 2.75) is 25.8 Å². The topological polar surface area (TPSA) is 62.3 Å². The molecule has 1 unspecified atom stereocenters. The van der Waals surface area contributed by atoms with Gasteiger partial charge < -0.3 is 0 Å². The van der Waals surface area contributed by atoms with Crippen molar-refractivity contribution in [2.75, 3.05) is 14.1 Å². The van der Waals surface area contributed by atoms with Crippen molar-refractivity contribution in [1.82, 2.24) is 14.0 Å². The van der Waals surface area contributed by atoms with Gasteiger partial charge in [0.1, 0.15) is 0 Å². The fourth-order valence-electron chi connectivity index (χ4n) is 1.83. The minimum Gasteiger partial charge on any atom is -0.256 e. The molecule has 0 aliphatic heterocycles. The van der Waals surface area contributed by atoms with Gasteiger partial charge in [-0.05, 0) is 37.8 Å². The molecule has 1 aliphatic rings. The summed E-state index contributed by atoms with van der Waals surface area (Å²) in [6, 6.07) is 5.50. The number of hydrogen-bond donors (Lipinski definition) is 1. The number of pyridine rings is 1. The molecule has 18 heavy (non-hydrogen) atoms. The highest BCUT2D eigenvalue weighted by Gasteiger charge is 2.36. The molecule has 100 valence electrons. The normalized spacial score (nSPS) is 18.0. The summed E-state index contributed by atoms with van der Waals surface area (Å²) in [6.07, 6.45) is 2.10. The van der Waals surface area contributed by atoms with Gasteiger partial charge in [0.15, 0.2) is 0 Å². The monoisotopic (exact) mass is 269 g/mol. The van der Waals surface area contributed by atoms with Gasteiger partial charge in [-0.15, -0.1) is 0 Å². The Morgan fingerprint density at radius 2 is 2.06 bits per heavy atom. The Labute approximate surface area is 108 Å². The fraction of sp³-hybridized carbons (Fsp3) is 0.583. The van der Waals surface area contributed by atoms with Crippen LogP contribution in [0.15, 0.2) is 18.2 Å². The Balaban J connectivity index is 2.25. The molecule has 5 nitrogen and oxygen atoms in total. The van der Waals surface area contributed by atoms with Crippen LogP contribution >= 0.6 is 0 Å². The highest BCUT2D eigenvalue weighted by atomic mass is 32.2. The van der Waals surface area contributed by atoms with Crippen LogP contribution in [0.5, 0.6) is 0 Å². The van der Waals surface area contributed by atoms with Crippen LogP contribution in [-0.2, 0) is 10.2 Å². The van der Waals surface area contributed by atoms with Crippen LogP contribution in [-0.4, -0.2) is 31.8 Å². The van der Waals surface area contributed by atoms with Crippen molar-refractivity contribution < 1.29 is 8.42 Å². The summed E-state index contributed by atoms with van der Waals surface area (Å²) in [5.41, 5.74) is 1.71. The molecule has 1 saturated carbocycles. The van der Waals surface area contributed by atoms with Gasteiger partial charge in [0.05, 0.1) is 11.7 Å². The minimum absolute atomic E-state index is 0.211. The highest BCUT2D eigenvalue weighted by molar-refractivity contribution is 7.87. The summed E-state index contributed by atoms with van der Waals surface area (Å²) >= 11 is 0. The smallest absolute Gasteiger partial charge is 0.256 e. The van der Waals surface area contributed by atoms with E-state index in [-0.39, 0.29) is 6.04 Å². The molecular formula is C12H19N3O2S. The molecule has 0 aromatic carbocycles. The zero-order chi connectivity index (χ0) is 13.3. The van der Waals surface area contributed by atoms with E-state index in [4.69, 9.17) is 0 Å². The second-order valence-electron chi connectivity index (χ2n) is 4.92. The largest absolute Gasteiger partial charge is 0.279 e. The summed E-state index contributed by atoms with van der Waals surface area (Å²) in [4.78, 5) is 4.43. The maximum absolute atomic E-state index is 11.9. The third-order valence-electron chi connectivity index (χ3n) is 3.08. The number of nitrogens with one attached hydrogen (secondary N) is 1. The molecule has 0 spiro atoms. The van der Waals surface area contributed by atoms with Gasteiger partial charge in [0.2, 0.25) is 0 Å². The Hall–Kier alpha value is -0.980. The summed E-state index contributed by atoms with van der Waals surface area (Å²) in [5.74, 6) is 0.369. The summed E-state index contributed by atoms with van der Waals surface area (Å²) in [6.45, 7) is 1.91. The lowest BCUT2D eigenvalue weighted by atomic mass is 10.1. The predicted molar refractivity (Wildman–Crippen MR) is 70.2 cm³/mol. The molecule has 1 heterocycles. The first kappa shape index (κ1) is 13.5. The molecule has 0 amide bonds. The summed E-state index contributed by atoms with van der Waals surface area (Å²) < 4.78 is 27.8. The second-order valence-corrected chi connectivity index (χ2v) is 6.84. The lowest BCUT2D eigenvalue weighted by Crippen LogP contribution is -2.39. The van der Waals surface area contributed by atoms with Crippen molar-refractivity contribution in [2.24, 2.45) is 5.92 Å². The Bertz CT molecular complexity index is 524. The average molecular weight is 269 g/mol. The summed E-state index contributed by atoms with van der Waals surface area (Å²) in [5, 5.41) is 0. The van der Waals surface area contributed by atoms with Gasteiger partial charge in [0, 0.05) is 19.8 Å². The lowest BCUT2D eigenvalue weighted by Gasteiger charge is -2.20. The molecule has 1 N–H and O–H groups in total.